The molecule has 0 saturated carbocycles. The molecule has 2 aromatic rings. The summed E-state index contributed by atoms with van der Waals surface area (Å²) in [6.45, 7) is 7.96. The highest BCUT2D eigenvalue weighted by atomic mass is 31.0. The molecule has 0 atom stereocenters. The molecule has 0 fully saturated rings. The Morgan fingerprint density at radius 2 is 2.17 bits per heavy atom. The molecule has 2 rings (SSSR count). The normalized spacial score (nSPS) is 11.2. The minimum Gasteiger partial charge on any atom is -0.322 e. The van der Waals surface area contributed by atoms with Crippen LogP contribution in [0.15, 0.2) is 24.7 Å². The smallest absolute Gasteiger partial charge is 0.168 e. The first-order valence-electron chi connectivity index (χ1n) is 7.37. The summed E-state index contributed by atoms with van der Waals surface area (Å²) in [5.74, 6) is 2.18. The van der Waals surface area contributed by atoms with E-state index in [-0.39, 0.29) is 5.60 Å². The molecule has 0 unspecified atom stereocenters. The minimum atomic E-state index is -0.425. The molecule has 7 heteroatoms. The predicted molar refractivity (Wildman–Crippen MR) is 96.4 cm³/mol. The molecule has 0 aliphatic rings. The van der Waals surface area contributed by atoms with Crippen molar-refractivity contribution in [2.75, 3.05) is 11.4 Å². The Bertz CT molecular complexity index is 789. The van der Waals surface area contributed by atoms with Gasteiger partial charge in [0.05, 0.1) is 47.8 Å². The first kappa shape index (κ1) is 18.1. The van der Waals surface area contributed by atoms with Crippen LogP contribution in [0.1, 0.15) is 26.5 Å². The molecule has 0 N–H and O–H groups in total. The Hall–Kier alpha value is -2.22. The Balaban J connectivity index is 2.38. The molecule has 126 valence electrons. The van der Waals surface area contributed by atoms with Crippen molar-refractivity contribution in [3.05, 3.63) is 36.2 Å². The number of hydrogen-bond donors (Lipinski definition) is 0. The van der Waals surface area contributed by atoms with Crippen molar-refractivity contribution < 1.29 is 9.13 Å². The number of halogens is 1. The summed E-state index contributed by atoms with van der Waals surface area (Å²) in [5, 5.41) is 4.41. The fraction of sp³-hybridized carbons (Fsp3) is 0.353. The molecule has 2 aromatic heterocycles. The van der Waals surface area contributed by atoms with Crippen LogP contribution in [0.2, 0.25) is 0 Å². The van der Waals surface area contributed by atoms with Crippen molar-refractivity contribution in [3.8, 4) is 18.0 Å². The molecule has 0 amide bonds. The Kier molecular flexibility index (Phi) is 5.38. The lowest BCUT2D eigenvalue weighted by Crippen LogP contribution is -2.36. The average molecular weight is 346 g/mol. The van der Waals surface area contributed by atoms with E-state index in [1.807, 2.05) is 27.7 Å². The van der Waals surface area contributed by atoms with Gasteiger partial charge in [0.2, 0.25) is 0 Å². The van der Waals surface area contributed by atoms with Gasteiger partial charge in [-0.2, -0.15) is 5.10 Å². The summed E-state index contributed by atoms with van der Waals surface area (Å²) < 4.78 is 20.8. The van der Waals surface area contributed by atoms with Crippen molar-refractivity contribution in [2.45, 2.75) is 33.3 Å². The van der Waals surface area contributed by atoms with Gasteiger partial charge in [-0.25, -0.2) is 9.07 Å². The third-order valence-electron chi connectivity index (χ3n) is 3.02. The van der Waals surface area contributed by atoms with E-state index in [2.05, 4.69) is 24.9 Å². The maximum absolute atomic E-state index is 13.4. The number of nitrogens with zero attached hydrogens (tertiary/aromatic N) is 4. The number of aromatic nitrogens is 3. The topological polar surface area (TPSA) is 43.2 Å². The van der Waals surface area contributed by atoms with Gasteiger partial charge in [-0.05, 0) is 27.7 Å². The van der Waals surface area contributed by atoms with E-state index in [4.69, 9.17) is 11.2 Å². The van der Waals surface area contributed by atoms with Crippen molar-refractivity contribution >= 4 is 20.2 Å². The van der Waals surface area contributed by atoms with Crippen LogP contribution in [-0.2, 0) is 4.74 Å². The molecule has 0 spiro atoms. The van der Waals surface area contributed by atoms with Crippen molar-refractivity contribution in [3.63, 3.8) is 0 Å². The van der Waals surface area contributed by atoms with E-state index in [1.54, 1.807) is 15.8 Å². The summed E-state index contributed by atoms with van der Waals surface area (Å²) >= 11 is 0. The van der Waals surface area contributed by atoms with Gasteiger partial charge in [0.1, 0.15) is 5.82 Å². The van der Waals surface area contributed by atoms with Gasteiger partial charge >= 0.3 is 0 Å². The monoisotopic (exact) mass is 346 g/mol. The van der Waals surface area contributed by atoms with Crippen molar-refractivity contribution in [2.24, 2.45) is 0 Å². The van der Waals surface area contributed by atoms with Crippen LogP contribution in [0.25, 0.3) is 5.69 Å². The molecule has 0 saturated heterocycles. The molecule has 0 aliphatic heterocycles. The SMILES string of the molecule is C#CCN(C(=P)OC(C)(C)C)c1cn(-c2cncc(F)c2)nc1C. The van der Waals surface area contributed by atoms with Crippen LogP contribution >= 0.6 is 8.86 Å². The summed E-state index contributed by atoms with van der Waals surface area (Å²) in [5.41, 5.74) is 2.10. The van der Waals surface area contributed by atoms with Gasteiger partial charge in [-0.3, -0.25) is 4.98 Å². The zero-order chi connectivity index (χ0) is 17.9. The number of ether oxygens (including phenoxy) is 1. The standard InChI is InChI=1S/C17H20FN4OP/c1-6-7-21(16(24)23-17(3,4)5)15-11-22(20-12(15)2)14-8-13(18)9-19-10-14/h1,8-11,24H,7H2,2-5H3. The van der Waals surface area contributed by atoms with Crippen LogP contribution < -0.4 is 4.90 Å². The van der Waals surface area contributed by atoms with Gasteiger partial charge < -0.3 is 9.64 Å². The van der Waals surface area contributed by atoms with Crippen LogP contribution in [0, 0.1) is 25.1 Å². The second-order valence-corrected chi connectivity index (χ2v) is 6.64. The second-order valence-electron chi connectivity index (χ2n) is 6.22. The third-order valence-corrected chi connectivity index (χ3v) is 3.39. The van der Waals surface area contributed by atoms with E-state index < -0.39 is 5.82 Å². The first-order valence-corrected chi connectivity index (χ1v) is 7.87. The van der Waals surface area contributed by atoms with Gasteiger partial charge in [-0.15, -0.1) is 6.42 Å². The number of hydrogen-bond acceptors (Lipinski definition) is 3. The number of anilines is 1. The highest BCUT2D eigenvalue weighted by Crippen LogP contribution is 2.23. The van der Waals surface area contributed by atoms with Crippen molar-refractivity contribution in [1.29, 1.82) is 0 Å². The lowest BCUT2D eigenvalue weighted by molar-refractivity contribution is 0.118. The second kappa shape index (κ2) is 7.12. The van der Waals surface area contributed by atoms with E-state index in [9.17, 15) is 4.39 Å². The van der Waals surface area contributed by atoms with Gasteiger partial charge in [0.15, 0.2) is 5.60 Å². The van der Waals surface area contributed by atoms with E-state index in [1.165, 1.54) is 12.3 Å². The van der Waals surface area contributed by atoms with E-state index in [0.29, 0.717) is 17.8 Å². The summed E-state index contributed by atoms with van der Waals surface area (Å²) in [7, 11) is 3.50. The maximum Gasteiger partial charge on any atom is 0.168 e. The molecule has 2 heterocycles. The van der Waals surface area contributed by atoms with Crippen LogP contribution in [0.3, 0.4) is 0 Å². The summed E-state index contributed by atoms with van der Waals surface area (Å²) in [4.78, 5) is 5.63. The number of rotatable bonds is 5. The lowest BCUT2D eigenvalue weighted by Gasteiger charge is -2.28. The molecule has 0 radical (unpaired) electrons. The average Bonchev–Trinajstić information content (AvgIpc) is 2.84. The zero-order valence-electron chi connectivity index (χ0n) is 14.2. The molecule has 5 nitrogen and oxygen atoms in total. The molecular formula is C17H20FN4OP. The van der Waals surface area contributed by atoms with Crippen LogP contribution in [-0.4, -0.2) is 32.5 Å². The Labute approximate surface area is 143 Å². The first-order chi connectivity index (χ1) is 11.2. The van der Waals surface area contributed by atoms with Crippen molar-refractivity contribution in [1.82, 2.24) is 14.8 Å². The molecular weight excluding hydrogens is 326 g/mol. The largest absolute Gasteiger partial charge is 0.322 e. The molecule has 24 heavy (non-hydrogen) atoms. The highest BCUT2D eigenvalue weighted by molar-refractivity contribution is 7.20. The van der Waals surface area contributed by atoms with Crippen LogP contribution in [0.4, 0.5) is 10.1 Å². The maximum atomic E-state index is 13.4. The Morgan fingerprint density at radius 3 is 2.75 bits per heavy atom. The van der Waals surface area contributed by atoms with Gasteiger partial charge in [0.25, 0.3) is 0 Å². The highest BCUT2D eigenvalue weighted by Gasteiger charge is 2.21. The van der Waals surface area contributed by atoms with Crippen LogP contribution in [0.5, 0.6) is 0 Å². The number of aryl methyl sites for hydroxylation is 1. The van der Waals surface area contributed by atoms with E-state index in [0.717, 1.165) is 17.6 Å². The molecule has 0 aromatic carbocycles. The molecule has 0 aliphatic carbocycles. The zero-order valence-corrected chi connectivity index (χ0v) is 15.2. The third kappa shape index (κ3) is 4.41. The fourth-order valence-electron chi connectivity index (χ4n) is 2.08. The number of terminal acetylenes is 1. The fourth-order valence-corrected chi connectivity index (χ4v) is 2.58. The van der Waals surface area contributed by atoms with Gasteiger partial charge in [-0.1, -0.05) is 14.8 Å². The lowest BCUT2D eigenvalue weighted by atomic mass is 10.2. The number of pyridine rings is 1. The summed E-state index contributed by atoms with van der Waals surface area (Å²) in [6.07, 6.45) is 9.93. The minimum absolute atomic E-state index is 0.294. The quantitative estimate of drug-likeness (QED) is 0.616. The summed E-state index contributed by atoms with van der Waals surface area (Å²) in [6, 6.07) is 1.36. The van der Waals surface area contributed by atoms with E-state index >= 15 is 0 Å². The molecule has 0 bridgehead atoms. The predicted octanol–water partition coefficient (Wildman–Crippen LogP) is 3.20. The van der Waals surface area contributed by atoms with Gasteiger partial charge in [0, 0.05) is 6.07 Å². The Morgan fingerprint density at radius 1 is 1.46 bits per heavy atom.